The van der Waals surface area contributed by atoms with E-state index in [1.54, 1.807) is 12.1 Å². The molecule has 0 fully saturated rings. The lowest BCUT2D eigenvalue weighted by Crippen LogP contribution is -2.06. The van der Waals surface area contributed by atoms with Crippen LogP contribution in [0.15, 0.2) is 18.2 Å². The van der Waals surface area contributed by atoms with Gasteiger partial charge in [0, 0.05) is 5.56 Å². The lowest BCUT2D eigenvalue weighted by atomic mass is 10.0. The molecule has 0 bridgehead atoms. The number of unbranched alkanes of at least 4 members (excludes halogenated alkanes) is 15. The molecule has 1 aromatic rings. The van der Waals surface area contributed by atoms with Crippen LogP contribution >= 0.6 is 0 Å². The lowest BCUT2D eigenvalue weighted by molar-refractivity contribution is 0.290. The third kappa shape index (κ3) is 12.8. The summed E-state index contributed by atoms with van der Waals surface area (Å²) in [7, 11) is 1.50. The highest BCUT2D eigenvalue weighted by atomic mass is 16.5. The molecule has 0 aliphatic rings. The number of ether oxygens (including phenoxy) is 2. The van der Waals surface area contributed by atoms with Gasteiger partial charge < -0.3 is 14.6 Å². The van der Waals surface area contributed by atoms with Crippen molar-refractivity contribution in [1.29, 1.82) is 5.41 Å². The van der Waals surface area contributed by atoms with Gasteiger partial charge in [-0.3, -0.25) is 5.41 Å². The molecule has 0 heterocycles. The van der Waals surface area contributed by atoms with Crippen molar-refractivity contribution in [2.24, 2.45) is 0 Å². The normalized spacial score (nSPS) is 10.9. The quantitative estimate of drug-likeness (QED) is 0.136. The summed E-state index contributed by atoms with van der Waals surface area (Å²) in [5.74, 6) is 0.573. The van der Waals surface area contributed by atoms with Crippen LogP contribution < -0.4 is 4.74 Å². The third-order valence-corrected chi connectivity index (χ3v) is 5.69. The van der Waals surface area contributed by atoms with Crippen molar-refractivity contribution in [3.63, 3.8) is 0 Å². The van der Waals surface area contributed by atoms with Gasteiger partial charge in [0.05, 0.1) is 13.7 Å². The van der Waals surface area contributed by atoms with Crippen LogP contribution in [0.1, 0.15) is 115 Å². The van der Waals surface area contributed by atoms with Crippen molar-refractivity contribution in [2.75, 3.05) is 13.7 Å². The predicted molar refractivity (Wildman–Crippen MR) is 127 cm³/mol. The van der Waals surface area contributed by atoms with Crippen molar-refractivity contribution in [3.8, 4) is 11.5 Å². The van der Waals surface area contributed by atoms with E-state index < -0.39 is 0 Å². The standard InChI is InChI=1S/C26H45NO3/c1-3-4-5-6-7-8-9-10-11-12-13-14-15-16-17-18-21-30-26(27)23-19-20-24(28)25(22-23)29-2/h19-20,22,27-28H,3-18,21H2,1-2H3. The SMILES string of the molecule is CCCCCCCCCCCCCCCCCCOC(=N)c1ccc(O)c(OC)c1. The molecule has 0 atom stereocenters. The van der Waals surface area contributed by atoms with E-state index in [2.05, 4.69) is 6.92 Å². The molecule has 0 radical (unpaired) electrons. The smallest absolute Gasteiger partial charge is 0.213 e. The first-order valence-corrected chi connectivity index (χ1v) is 12.3. The number of hydrogen-bond acceptors (Lipinski definition) is 4. The molecule has 0 saturated carbocycles. The zero-order valence-corrected chi connectivity index (χ0v) is 19.5. The number of rotatable bonds is 19. The molecule has 2 N–H and O–H groups in total. The largest absolute Gasteiger partial charge is 0.504 e. The van der Waals surface area contributed by atoms with Gasteiger partial charge in [0.15, 0.2) is 11.5 Å². The van der Waals surface area contributed by atoms with Crippen molar-refractivity contribution in [1.82, 2.24) is 0 Å². The number of phenolic OH excluding ortho intramolecular Hbond substituents is 1. The fourth-order valence-corrected chi connectivity index (χ4v) is 3.73. The summed E-state index contributed by atoms with van der Waals surface area (Å²) in [5.41, 5.74) is 0.626. The van der Waals surface area contributed by atoms with Gasteiger partial charge in [-0.15, -0.1) is 0 Å². The molecule has 0 aliphatic heterocycles. The Morgan fingerprint density at radius 3 is 1.70 bits per heavy atom. The van der Waals surface area contributed by atoms with Crippen LogP contribution in [0.5, 0.6) is 11.5 Å². The predicted octanol–water partition coefficient (Wildman–Crippen LogP) is 8.00. The van der Waals surface area contributed by atoms with E-state index in [1.807, 2.05) is 0 Å². The van der Waals surface area contributed by atoms with E-state index >= 15 is 0 Å². The Kier molecular flexibility index (Phi) is 15.9. The van der Waals surface area contributed by atoms with Gasteiger partial charge in [0.2, 0.25) is 5.90 Å². The van der Waals surface area contributed by atoms with Gasteiger partial charge in [0.1, 0.15) is 0 Å². The first kappa shape index (κ1) is 26.3. The average Bonchev–Trinajstić information content (AvgIpc) is 2.76. The van der Waals surface area contributed by atoms with Crippen LogP contribution in [0.2, 0.25) is 0 Å². The van der Waals surface area contributed by atoms with Gasteiger partial charge in [-0.1, -0.05) is 103 Å². The molecule has 30 heavy (non-hydrogen) atoms. The Balaban J connectivity index is 1.87. The molecule has 4 nitrogen and oxygen atoms in total. The molecule has 0 aromatic heterocycles. The van der Waals surface area contributed by atoms with Crippen LogP contribution in [0.4, 0.5) is 0 Å². The molecule has 1 rings (SSSR count). The Bertz CT molecular complexity index is 559. The second-order valence-corrected chi connectivity index (χ2v) is 8.37. The van der Waals surface area contributed by atoms with Gasteiger partial charge in [0.25, 0.3) is 0 Å². The minimum absolute atomic E-state index is 0.0758. The van der Waals surface area contributed by atoms with Crippen molar-refractivity contribution in [3.05, 3.63) is 23.8 Å². The van der Waals surface area contributed by atoms with Gasteiger partial charge in [-0.25, -0.2) is 0 Å². The Morgan fingerprint density at radius 2 is 1.23 bits per heavy atom. The van der Waals surface area contributed by atoms with Crippen LogP contribution in [0, 0.1) is 5.41 Å². The summed E-state index contributed by atoms with van der Waals surface area (Å²) in [6.07, 6.45) is 21.6. The van der Waals surface area contributed by atoms with Crippen LogP contribution in [0.25, 0.3) is 0 Å². The van der Waals surface area contributed by atoms with Crippen LogP contribution in [0.3, 0.4) is 0 Å². The van der Waals surface area contributed by atoms with Gasteiger partial charge in [-0.05, 0) is 24.6 Å². The van der Waals surface area contributed by atoms with E-state index in [1.165, 1.54) is 103 Å². The molecule has 0 aliphatic carbocycles. The molecule has 0 unspecified atom stereocenters. The Hall–Kier alpha value is -1.71. The summed E-state index contributed by atoms with van der Waals surface area (Å²) in [4.78, 5) is 0. The average molecular weight is 420 g/mol. The van der Waals surface area contributed by atoms with Crippen molar-refractivity contribution < 1.29 is 14.6 Å². The molecule has 172 valence electrons. The fourth-order valence-electron chi connectivity index (χ4n) is 3.73. The zero-order valence-electron chi connectivity index (χ0n) is 19.5. The number of aromatic hydroxyl groups is 1. The number of phenols is 1. The minimum atomic E-state index is 0.0758. The van der Waals surface area contributed by atoms with Gasteiger partial charge >= 0.3 is 0 Å². The number of nitrogens with one attached hydrogen (secondary N) is 1. The molecule has 1 aromatic carbocycles. The minimum Gasteiger partial charge on any atom is -0.504 e. The Labute approximate surface area is 184 Å². The second-order valence-electron chi connectivity index (χ2n) is 8.37. The Morgan fingerprint density at radius 1 is 0.767 bits per heavy atom. The fraction of sp³-hybridized carbons (Fsp3) is 0.731. The highest BCUT2D eigenvalue weighted by Gasteiger charge is 2.07. The third-order valence-electron chi connectivity index (χ3n) is 5.69. The maximum Gasteiger partial charge on any atom is 0.213 e. The van der Waals surface area contributed by atoms with E-state index in [0.29, 0.717) is 17.9 Å². The second kappa shape index (κ2) is 18.1. The highest BCUT2D eigenvalue weighted by molar-refractivity contribution is 5.92. The monoisotopic (exact) mass is 419 g/mol. The molecule has 0 spiro atoms. The summed E-state index contributed by atoms with van der Waals surface area (Å²) < 4.78 is 10.6. The molecule has 0 saturated heterocycles. The first-order chi connectivity index (χ1) is 14.7. The molecule has 4 heteroatoms. The van der Waals surface area contributed by atoms with E-state index in [9.17, 15) is 5.11 Å². The van der Waals surface area contributed by atoms with E-state index in [-0.39, 0.29) is 11.6 Å². The topological polar surface area (TPSA) is 62.5 Å². The molecule has 0 amide bonds. The van der Waals surface area contributed by atoms with Crippen molar-refractivity contribution >= 4 is 5.90 Å². The molecular weight excluding hydrogens is 374 g/mol. The van der Waals surface area contributed by atoms with Crippen molar-refractivity contribution in [2.45, 2.75) is 110 Å². The summed E-state index contributed by atoms with van der Waals surface area (Å²) in [5, 5.41) is 17.6. The molecular formula is C26H45NO3. The highest BCUT2D eigenvalue weighted by Crippen LogP contribution is 2.26. The summed E-state index contributed by atoms with van der Waals surface area (Å²) in [6.45, 7) is 2.85. The van der Waals surface area contributed by atoms with E-state index in [4.69, 9.17) is 14.9 Å². The van der Waals surface area contributed by atoms with E-state index in [0.717, 1.165) is 12.8 Å². The summed E-state index contributed by atoms with van der Waals surface area (Å²) in [6, 6.07) is 4.83. The number of hydrogen-bond donors (Lipinski definition) is 2. The zero-order chi connectivity index (χ0) is 21.9. The first-order valence-electron chi connectivity index (χ1n) is 12.3. The maximum absolute atomic E-state index is 9.61. The lowest BCUT2D eigenvalue weighted by Gasteiger charge is -2.09. The maximum atomic E-state index is 9.61. The summed E-state index contributed by atoms with van der Waals surface area (Å²) >= 11 is 0. The number of methoxy groups -OCH3 is 1. The van der Waals surface area contributed by atoms with Gasteiger partial charge in [-0.2, -0.15) is 0 Å². The van der Waals surface area contributed by atoms with Crippen LogP contribution in [-0.2, 0) is 4.74 Å². The number of benzene rings is 1. The van der Waals surface area contributed by atoms with Crippen LogP contribution in [-0.4, -0.2) is 24.7 Å².